The van der Waals surface area contributed by atoms with Gasteiger partial charge >= 0.3 is 17.9 Å². The maximum atomic E-state index is 12.9. The second kappa shape index (κ2) is 56.2. The summed E-state index contributed by atoms with van der Waals surface area (Å²) in [5, 5.41) is 0. The average Bonchev–Trinajstić information content (AvgIpc) is 3.34. The number of allylic oxidation sites excluding steroid dienone is 14. The van der Waals surface area contributed by atoms with Gasteiger partial charge in [-0.2, -0.15) is 0 Å². The lowest BCUT2D eigenvalue weighted by Crippen LogP contribution is -2.30. The van der Waals surface area contributed by atoms with Gasteiger partial charge in [-0.25, -0.2) is 0 Å². The van der Waals surface area contributed by atoms with Crippen LogP contribution in [0.1, 0.15) is 271 Å². The second-order valence-electron chi connectivity index (χ2n) is 18.9. The SMILES string of the molecule is CC\C=C/C=C\C=C/C=C\CCCCCCCC(=O)OCC(COC(=O)CCCCCCC/C=C\C=C/CCCCCCCCC)OC(=O)CCCCCCCCC/C=C\CCCCCCCC. The number of rotatable bonds is 51. The van der Waals surface area contributed by atoms with Crippen molar-refractivity contribution in [3.05, 3.63) is 85.1 Å². The van der Waals surface area contributed by atoms with Gasteiger partial charge in [0.15, 0.2) is 6.10 Å². The lowest BCUT2D eigenvalue weighted by atomic mass is 10.1. The number of carbonyl (C=O) groups excluding carboxylic acids is 3. The Balaban J connectivity index is 4.45. The first kappa shape index (κ1) is 64.6. The smallest absolute Gasteiger partial charge is 0.306 e. The minimum Gasteiger partial charge on any atom is -0.462 e. The van der Waals surface area contributed by atoms with Gasteiger partial charge in [0, 0.05) is 19.3 Å². The van der Waals surface area contributed by atoms with E-state index in [1.807, 2.05) is 18.2 Å². The first-order valence-electron chi connectivity index (χ1n) is 28.7. The number of hydrogen-bond donors (Lipinski definition) is 0. The van der Waals surface area contributed by atoms with Gasteiger partial charge in [0.05, 0.1) is 0 Å². The Labute approximate surface area is 420 Å². The maximum absolute atomic E-state index is 12.9. The molecule has 0 bridgehead atoms. The molecular formula is C62H106O6. The van der Waals surface area contributed by atoms with Crippen molar-refractivity contribution in [1.82, 2.24) is 0 Å². The van der Waals surface area contributed by atoms with Crippen LogP contribution in [0.4, 0.5) is 0 Å². The van der Waals surface area contributed by atoms with E-state index in [4.69, 9.17) is 14.2 Å². The van der Waals surface area contributed by atoms with Gasteiger partial charge in [-0.15, -0.1) is 0 Å². The first-order chi connectivity index (χ1) is 33.5. The van der Waals surface area contributed by atoms with Gasteiger partial charge in [-0.05, 0) is 89.9 Å². The van der Waals surface area contributed by atoms with Gasteiger partial charge < -0.3 is 14.2 Å². The van der Waals surface area contributed by atoms with Gasteiger partial charge in [0.2, 0.25) is 0 Å². The van der Waals surface area contributed by atoms with E-state index in [0.29, 0.717) is 19.3 Å². The number of unbranched alkanes of at least 4 members (excludes halogenated alkanes) is 30. The lowest BCUT2D eigenvalue weighted by molar-refractivity contribution is -0.167. The molecule has 0 saturated carbocycles. The van der Waals surface area contributed by atoms with Crippen molar-refractivity contribution in [2.75, 3.05) is 13.2 Å². The minimum atomic E-state index is -0.796. The molecule has 0 aromatic rings. The van der Waals surface area contributed by atoms with E-state index in [-0.39, 0.29) is 31.1 Å². The van der Waals surface area contributed by atoms with Crippen LogP contribution in [-0.2, 0) is 28.6 Å². The quantitative estimate of drug-likeness (QED) is 0.0199. The molecule has 68 heavy (non-hydrogen) atoms. The summed E-state index contributed by atoms with van der Waals surface area (Å²) < 4.78 is 16.8. The van der Waals surface area contributed by atoms with E-state index in [0.717, 1.165) is 103 Å². The van der Waals surface area contributed by atoms with Crippen LogP contribution in [0.3, 0.4) is 0 Å². The average molecular weight is 948 g/mol. The van der Waals surface area contributed by atoms with E-state index in [1.54, 1.807) is 0 Å². The van der Waals surface area contributed by atoms with Gasteiger partial charge in [-0.1, -0.05) is 247 Å². The first-order valence-corrected chi connectivity index (χ1v) is 28.7. The molecule has 0 aromatic heterocycles. The summed E-state index contributed by atoms with van der Waals surface area (Å²) in [6.45, 7) is 6.47. The maximum Gasteiger partial charge on any atom is 0.306 e. The van der Waals surface area contributed by atoms with Gasteiger partial charge in [0.25, 0.3) is 0 Å². The zero-order valence-electron chi connectivity index (χ0n) is 44.6. The summed E-state index contributed by atoms with van der Waals surface area (Å²) in [6, 6.07) is 0. The Kier molecular flexibility index (Phi) is 53.4. The molecule has 0 radical (unpaired) electrons. The molecule has 0 spiro atoms. The van der Waals surface area contributed by atoms with Crippen molar-refractivity contribution in [2.45, 2.75) is 277 Å². The summed E-state index contributed by atoms with van der Waals surface area (Å²) in [4.78, 5) is 38.2. The molecule has 0 aromatic carbocycles. The molecule has 0 aliphatic carbocycles. The Bertz CT molecular complexity index is 1320. The summed E-state index contributed by atoms with van der Waals surface area (Å²) in [7, 11) is 0. The molecule has 0 rings (SSSR count). The van der Waals surface area contributed by atoms with Crippen LogP contribution in [-0.4, -0.2) is 37.2 Å². The van der Waals surface area contributed by atoms with Crippen molar-refractivity contribution in [2.24, 2.45) is 0 Å². The van der Waals surface area contributed by atoms with Crippen LogP contribution in [0.15, 0.2) is 85.1 Å². The zero-order chi connectivity index (χ0) is 49.3. The van der Waals surface area contributed by atoms with Gasteiger partial charge in [0.1, 0.15) is 13.2 Å². The highest BCUT2D eigenvalue weighted by atomic mass is 16.6. The third-order valence-corrected chi connectivity index (χ3v) is 12.2. The monoisotopic (exact) mass is 947 g/mol. The van der Waals surface area contributed by atoms with Crippen molar-refractivity contribution < 1.29 is 28.6 Å². The molecule has 1 unspecified atom stereocenters. The highest BCUT2D eigenvalue weighted by Gasteiger charge is 2.19. The Hall–Kier alpha value is -3.41. The Morgan fingerprint density at radius 1 is 0.309 bits per heavy atom. The van der Waals surface area contributed by atoms with Crippen LogP contribution in [0.25, 0.3) is 0 Å². The molecule has 0 aliphatic heterocycles. The molecule has 0 fully saturated rings. The number of ether oxygens (including phenoxy) is 3. The molecule has 1 atom stereocenters. The number of carbonyl (C=O) groups is 3. The Morgan fingerprint density at radius 3 is 0.956 bits per heavy atom. The molecule has 6 heteroatoms. The summed E-state index contributed by atoms with van der Waals surface area (Å²) in [5.74, 6) is -0.930. The fourth-order valence-electron chi connectivity index (χ4n) is 7.91. The summed E-state index contributed by atoms with van der Waals surface area (Å²) in [6.07, 6.45) is 72.8. The fraction of sp³-hybridized carbons (Fsp3) is 0.726. The largest absolute Gasteiger partial charge is 0.462 e. The normalized spacial score (nSPS) is 12.7. The van der Waals surface area contributed by atoms with Gasteiger partial charge in [-0.3, -0.25) is 14.4 Å². The van der Waals surface area contributed by atoms with Crippen LogP contribution in [0.2, 0.25) is 0 Å². The van der Waals surface area contributed by atoms with E-state index in [9.17, 15) is 14.4 Å². The predicted molar refractivity (Wildman–Crippen MR) is 293 cm³/mol. The summed E-state index contributed by atoms with van der Waals surface area (Å²) in [5.41, 5.74) is 0. The molecular weight excluding hydrogens is 841 g/mol. The number of hydrogen-bond acceptors (Lipinski definition) is 6. The minimum absolute atomic E-state index is 0.0941. The molecule has 0 N–H and O–H groups in total. The molecule has 0 heterocycles. The van der Waals surface area contributed by atoms with Crippen LogP contribution >= 0.6 is 0 Å². The van der Waals surface area contributed by atoms with Crippen molar-refractivity contribution in [1.29, 1.82) is 0 Å². The Morgan fingerprint density at radius 2 is 0.588 bits per heavy atom. The second-order valence-corrected chi connectivity index (χ2v) is 18.9. The van der Waals surface area contributed by atoms with Crippen LogP contribution < -0.4 is 0 Å². The zero-order valence-corrected chi connectivity index (χ0v) is 44.6. The summed E-state index contributed by atoms with van der Waals surface area (Å²) >= 11 is 0. The lowest BCUT2D eigenvalue weighted by Gasteiger charge is -2.18. The van der Waals surface area contributed by atoms with E-state index in [2.05, 4.69) is 87.6 Å². The highest BCUT2D eigenvalue weighted by Crippen LogP contribution is 2.15. The topological polar surface area (TPSA) is 78.9 Å². The molecule has 6 nitrogen and oxygen atoms in total. The molecule has 0 saturated heterocycles. The van der Waals surface area contributed by atoms with Crippen molar-refractivity contribution in [3.8, 4) is 0 Å². The van der Waals surface area contributed by atoms with E-state index < -0.39 is 6.10 Å². The predicted octanol–water partition coefficient (Wildman–Crippen LogP) is 19.2. The standard InChI is InChI=1S/C62H106O6/c1-4-7-10-13-16-19-22-25-28-30-32-34-37-40-43-46-49-52-55-61(64)67-58-59(57-66-60(63)54-51-48-45-42-39-36-33-27-24-21-18-15-12-9-6-3)68-62(65)56-53-50-47-44-41-38-35-31-29-26-23-20-17-14-11-8-5-2/h9,12,15,18,21,24,26-30,32-34,59H,4-8,10-11,13-14,16-17,19-20,22-23,25,31,35-58H2,1-3H3/b12-9-,18-15-,24-21-,29-26-,30-28-,33-27-,34-32-. The van der Waals surface area contributed by atoms with E-state index in [1.165, 1.54) is 128 Å². The fourth-order valence-corrected chi connectivity index (χ4v) is 7.91. The molecule has 390 valence electrons. The number of esters is 3. The molecule has 0 amide bonds. The van der Waals surface area contributed by atoms with Crippen molar-refractivity contribution in [3.63, 3.8) is 0 Å². The van der Waals surface area contributed by atoms with Crippen LogP contribution in [0.5, 0.6) is 0 Å². The van der Waals surface area contributed by atoms with Crippen molar-refractivity contribution >= 4 is 17.9 Å². The third kappa shape index (κ3) is 53.5. The third-order valence-electron chi connectivity index (χ3n) is 12.2. The van der Waals surface area contributed by atoms with Crippen LogP contribution in [0, 0.1) is 0 Å². The molecule has 0 aliphatic rings. The highest BCUT2D eigenvalue weighted by molar-refractivity contribution is 5.71. The van der Waals surface area contributed by atoms with E-state index >= 15 is 0 Å².